The highest BCUT2D eigenvalue weighted by Crippen LogP contribution is 2.24. The number of hydrogen-bond acceptors (Lipinski definition) is 2. The van der Waals surface area contributed by atoms with E-state index in [-0.39, 0.29) is 5.82 Å². The summed E-state index contributed by atoms with van der Waals surface area (Å²) < 4.78 is 13.1. The smallest absolute Gasteiger partial charge is 0.123 e. The summed E-state index contributed by atoms with van der Waals surface area (Å²) in [6.45, 7) is 0. The molecule has 0 spiro atoms. The second-order valence-electron chi connectivity index (χ2n) is 4.15. The van der Waals surface area contributed by atoms with Gasteiger partial charge in [0.15, 0.2) is 0 Å². The Hall–Kier alpha value is -2.20. The van der Waals surface area contributed by atoms with Crippen LogP contribution in [0.15, 0.2) is 48.8 Å². The van der Waals surface area contributed by atoms with Crippen molar-refractivity contribution in [1.29, 1.82) is 0 Å². The molecule has 2 aromatic heterocycles. The van der Waals surface area contributed by atoms with Crippen molar-refractivity contribution < 1.29 is 9.50 Å². The van der Waals surface area contributed by atoms with E-state index in [0.717, 1.165) is 10.9 Å². The largest absolute Gasteiger partial charge is 0.382 e. The summed E-state index contributed by atoms with van der Waals surface area (Å²) in [4.78, 5) is 7.04. The summed E-state index contributed by atoms with van der Waals surface area (Å²) >= 11 is 0. The molecule has 1 aromatic carbocycles. The number of aliphatic hydroxyl groups excluding tert-OH is 1. The molecule has 0 aliphatic heterocycles. The highest BCUT2D eigenvalue weighted by Gasteiger charge is 2.13. The Bertz CT molecular complexity index is 679. The van der Waals surface area contributed by atoms with Gasteiger partial charge in [-0.1, -0.05) is 6.07 Å². The SMILES string of the molecule is OC(c1cccnc1)c1cc2cc(F)ccc2[nH]1. The minimum absolute atomic E-state index is 0.288. The van der Waals surface area contributed by atoms with Gasteiger partial charge in [-0.15, -0.1) is 0 Å². The molecule has 0 saturated heterocycles. The standard InChI is InChI=1S/C14H11FN2O/c15-11-3-4-12-10(6-11)7-13(17-12)14(18)9-2-1-5-16-8-9/h1-8,14,17-18H. The first-order chi connectivity index (χ1) is 8.74. The zero-order chi connectivity index (χ0) is 12.5. The lowest BCUT2D eigenvalue weighted by atomic mass is 10.1. The van der Waals surface area contributed by atoms with Gasteiger partial charge in [0.1, 0.15) is 11.9 Å². The first-order valence-corrected chi connectivity index (χ1v) is 5.60. The van der Waals surface area contributed by atoms with Gasteiger partial charge in [-0.05, 0) is 30.3 Å². The quantitative estimate of drug-likeness (QED) is 0.726. The summed E-state index contributed by atoms with van der Waals surface area (Å²) in [6.07, 6.45) is 2.47. The fourth-order valence-corrected chi connectivity index (χ4v) is 1.99. The second-order valence-corrected chi connectivity index (χ2v) is 4.15. The third kappa shape index (κ3) is 1.87. The molecule has 0 fully saturated rings. The number of aromatic nitrogens is 2. The highest BCUT2D eigenvalue weighted by atomic mass is 19.1. The van der Waals surface area contributed by atoms with Crippen molar-refractivity contribution in [2.75, 3.05) is 0 Å². The Kier molecular flexibility index (Phi) is 2.57. The molecule has 1 atom stereocenters. The molecule has 3 nitrogen and oxygen atoms in total. The predicted molar refractivity (Wildman–Crippen MR) is 66.6 cm³/mol. The number of hydrogen-bond donors (Lipinski definition) is 2. The van der Waals surface area contributed by atoms with Crippen LogP contribution in [0.2, 0.25) is 0 Å². The van der Waals surface area contributed by atoms with E-state index in [2.05, 4.69) is 9.97 Å². The molecule has 0 bridgehead atoms. The number of aliphatic hydroxyl groups is 1. The van der Waals surface area contributed by atoms with E-state index in [0.29, 0.717) is 11.3 Å². The number of nitrogens with zero attached hydrogens (tertiary/aromatic N) is 1. The average molecular weight is 242 g/mol. The van der Waals surface area contributed by atoms with Crippen molar-refractivity contribution in [3.05, 3.63) is 65.9 Å². The summed E-state index contributed by atoms with van der Waals surface area (Å²) in [7, 11) is 0. The molecule has 4 heteroatoms. The molecule has 90 valence electrons. The average Bonchev–Trinajstić information content (AvgIpc) is 2.81. The van der Waals surface area contributed by atoms with Gasteiger partial charge in [0, 0.05) is 34.6 Å². The number of pyridine rings is 1. The van der Waals surface area contributed by atoms with Crippen molar-refractivity contribution in [2.24, 2.45) is 0 Å². The number of benzene rings is 1. The first kappa shape index (κ1) is 10.9. The van der Waals surface area contributed by atoms with Crippen molar-refractivity contribution in [3.63, 3.8) is 0 Å². The van der Waals surface area contributed by atoms with Gasteiger partial charge < -0.3 is 10.1 Å². The van der Waals surface area contributed by atoms with Gasteiger partial charge in [-0.25, -0.2) is 4.39 Å². The van der Waals surface area contributed by atoms with E-state index in [1.807, 2.05) is 0 Å². The van der Waals surface area contributed by atoms with Crippen LogP contribution >= 0.6 is 0 Å². The Morgan fingerprint density at radius 3 is 2.89 bits per heavy atom. The zero-order valence-electron chi connectivity index (χ0n) is 9.47. The van der Waals surface area contributed by atoms with Gasteiger partial charge in [0.05, 0.1) is 0 Å². The summed E-state index contributed by atoms with van der Waals surface area (Å²) in [5.41, 5.74) is 2.13. The maximum absolute atomic E-state index is 13.1. The fraction of sp³-hybridized carbons (Fsp3) is 0.0714. The first-order valence-electron chi connectivity index (χ1n) is 5.60. The van der Waals surface area contributed by atoms with Crippen molar-refractivity contribution in [3.8, 4) is 0 Å². The lowest BCUT2D eigenvalue weighted by Crippen LogP contribution is -1.99. The van der Waals surface area contributed by atoms with Gasteiger partial charge >= 0.3 is 0 Å². The fourth-order valence-electron chi connectivity index (χ4n) is 1.99. The Balaban J connectivity index is 2.04. The maximum Gasteiger partial charge on any atom is 0.123 e. The van der Waals surface area contributed by atoms with E-state index in [1.54, 1.807) is 36.7 Å². The van der Waals surface area contributed by atoms with Crippen LogP contribution in [-0.4, -0.2) is 15.1 Å². The molecule has 0 aliphatic carbocycles. The predicted octanol–water partition coefficient (Wildman–Crippen LogP) is 2.78. The number of fused-ring (bicyclic) bond motifs is 1. The minimum Gasteiger partial charge on any atom is -0.382 e. The van der Waals surface area contributed by atoms with E-state index in [1.165, 1.54) is 12.1 Å². The zero-order valence-corrected chi connectivity index (χ0v) is 9.47. The molecule has 0 aliphatic rings. The van der Waals surface area contributed by atoms with Crippen LogP contribution in [0.1, 0.15) is 17.4 Å². The van der Waals surface area contributed by atoms with Crippen LogP contribution in [0.4, 0.5) is 4.39 Å². The molecule has 0 radical (unpaired) electrons. The molecular weight excluding hydrogens is 231 g/mol. The third-order valence-corrected chi connectivity index (χ3v) is 2.90. The molecule has 18 heavy (non-hydrogen) atoms. The summed E-state index contributed by atoms with van der Waals surface area (Å²) in [5, 5.41) is 10.9. The monoisotopic (exact) mass is 242 g/mol. The molecule has 2 N–H and O–H groups in total. The molecule has 1 unspecified atom stereocenters. The second kappa shape index (κ2) is 4.23. The Morgan fingerprint density at radius 2 is 2.11 bits per heavy atom. The number of rotatable bonds is 2. The molecule has 0 amide bonds. The number of aromatic amines is 1. The van der Waals surface area contributed by atoms with E-state index >= 15 is 0 Å². The maximum atomic E-state index is 13.1. The van der Waals surface area contributed by atoms with E-state index < -0.39 is 6.10 Å². The Labute approximate surface area is 103 Å². The number of halogens is 1. The van der Waals surface area contributed by atoms with Crippen LogP contribution in [0, 0.1) is 5.82 Å². The van der Waals surface area contributed by atoms with Crippen molar-refractivity contribution >= 4 is 10.9 Å². The van der Waals surface area contributed by atoms with Crippen LogP contribution in [0.25, 0.3) is 10.9 Å². The highest BCUT2D eigenvalue weighted by molar-refractivity contribution is 5.80. The topological polar surface area (TPSA) is 48.9 Å². The van der Waals surface area contributed by atoms with Crippen LogP contribution < -0.4 is 0 Å². The van der Waals surface area contributed by atoms with Gasteiger partial charge in [0.25, 0.3) is 0 Å². The molecule has 2 heterocycles. The van der Waals surface area contributed by atoms with Crippen molar-refractivity contribution in [1.82, 2.24) is 9.97 Å². The summed E-state index contributed by atoms with van der Waals surface area (Å²) in [6, 6.07) is 9.79. The number of nitrogens with one attached hydrogen (secondary N) is 1. The molecular formula is C14H11FN2O. The Morgan fingerprint density at radius 1 is 1.22 bits per heavy atom. The van der Waals surface area contributed by atoms with Crippen LogP contribution in [0.5, 0.6) is 0 Å². The normalized spacial score (nSPS) is 12.8. The lowest BCUT2D eigenvalue weighted by Gasteiger charge is -2.07. The number of H-pyrrole nitrogens is 1. The van der Waals surface area contributed by atoms with E-state index in [4.69, 9.17) is 0 Å². The van der Waals surface area contributed by atoms with Gasteiger partial charge in [-0.2, -0.15) is 0 Å². The van der Waals surface area contributed by atoms with E-state index in [9.17, 15) is 9.50 Å². The van der Waals surface area contributed by atoms with Crippen LogP contribution in [0.3, 0.4) is 0 Å². The van der Waals surface area contributed by atoms with Crippen LogP contribution in [-0.2, 0) is 0 Å². The molecule has 3 aromatic rings. The lowest BCUT2D eigenvalue weighted by molar-refractivity contribution is 0.216. The van der Waals surface area contributed by atoms with Crippen molar-refractivity contribution in [2.45, 2.75) is 6.10 Å². The summed E-state index contributed by atoms with van der Waals surface area (Å²) in [5.74, 6) is -0.288. The van der Waals surface area contributed by atoms with Gasteiger partial charge in [-0.3, -0.25) is 4.98 Å². The third-order valence-electron chi connectivity index (χ3n) is 2.90. The van der Waals surface area contributed by atoms with Gasteiger partial charge in [0.2, 0.25) is 0 Å². The minimum atomic E-state index is -0.783. The molecule has 3 rings (SSSR count). The molecule has 0 saturated carbocycles.